The fourth-order valence-electron chi connectivity index (χ4n) is 6.04. The first-order valence-electron chi connectivity index (χ1n) is 11.9. The van der Waals surface area contributed by atoms with Crippen molar-refractivity contribution in [3.05, 3.63) is 102 Å². The Morgan fingerprint density at radius 3 is 1.94 bits per heavy atom. The Kier molecular flexibility index (Phi) is 6.19. The number of ether oxygens (including phenoxy) is 1. The van der Waals surface area contributed by atoms with Crippen LogP contribution in [0.1, 0.15) is 40.2 Å². The van der Waals surface area contributed by atoms with Crippen LogP contribution in [0.3, 0.4) is 0 Å². The van der Waals surface area contributed by atoms with Gasteiger partial charge in [0.25, 0.3) is 0 Å². The molecule has 0 aromatic heterocycles. The fraction of sp³-hybridized carbons (Fsp3) is 0.345. The predicted octanol–water partition coefficient (Wildman–Crippen LogP) is 5.20. The summed E-state index contributed by atoms with van der Waals surface area (Å²) < 4.78 is 4.88. The molecule has 3 heterocycles. The molecule has 0 unspecified atom stereocenters. The van der Waals surface area contributed by atoms with Crippen LogP contribution in [0.4, 0.5) is 5.69 Å². The molecule has 0 spiro atoms. The second-order valence-corrected chi connectivity index (χ2v) is 9.30. The van der Waals surface area contributed by atoms with E-state index in [1.165, 1.54) is 31.1 Å². The van der Waals surface area contributed by atoms with E-state index < -0.39 is 0 Å². The summed E-state index contributed by atoms with van der Waals surface area (Å²) in [5.74, 6) is 0.663. The molecule has 33 heavy (non-hydrogen) atoms. The van der Waals surface area contributed by atoms with Crippen LogP contribution in [0.5, 0.6) is 0 Å². The first-order valence-corrected chi connectivity index (χ1v) is 11.9. The summed E-state index contributed by atoms with van der Waals surface area (Å²) in [6.45, 7) is 2.33. The van der Waals surface area contributed by atoms with Crippen molar-refractivity contribution < 1.29 is 9.53 Å². The predicted molar refractivity (Wildman–Crippen MR) is 133 cm³/mol. The largest absolute Gasteiger partial charge is 0.465 e. The topological polar surface area (TPSA) is 32.8 Å². The van der Waals surface area contributed by atoms with Crippen molar-refractivity contribution in [1.82, 2.24) is 4.90 Å². The Labute approximate surface area is 196 Å². The van der Waals surface area contributed by atoms with Crippen molar-refractivity contribution in [1.29, 1.82) is 0 Å². The van der Waals surface area contributed by atoms with Gasteiger partial charge in [0.2, 0.25) is 0 Å². The number of rotatable bonds is 6. The summed E-state index contributed by atoms with van der Waals surface area (Å²) in [5.41, 5.74) is 4.49. The summed E-state index contributed by atoms with van der Waals surface area (Å²) in [5, 5.41) is 0. The second kappa shape index (κ2) is 9.40. The van der Waals surface area contributed by atoms with Crippen molar-refractivity contribution in [3.8, 4) is 0 Å². The first-order chi connectivity index (χ1) is 16.2. The van der Waals surface area contributed by atoms with Crippen molar-refractivity contribution in [2.45, 2.75) is 30.8 Å². The van der Waals surface area contributed by atoms with Gasteiger partial charge in [-0.1, -0.05) is 60.7 Å². The molecule has 2 bridgehead atoms. The molecule has 3 aliphatic rings. The number of hydrogen-bond acceptors (Lipinski definition) is 4. The molecule has 0 radical (unpaired) electrons. The maximum atomic E-state index is 11.9. The van der Waals surface area contributed by atoms with Gasteiger partial charge in [-0.15, -0.1) is 0 Å². The molecule has 3 fully saturated rings. The average molecular weight is 441 g/mol. The highest BCUT2D eigenvalue weighted by Crippen LogP contribution is 2.44. The Hall–Kier alpha value is -3.11. The third-order valence-corrected chi connectivity index (χ3v) is 7.63. The minimum absolute atomic E-state index is 0.293. The number of carbonyl (C=O) groups excluding carboxylic acids is 1. The van der Waals surface area contributed by atoms with Gasteiger partial charge in [-0.05, 0) is 67.2 Å². The molecule has 3 aromatic rings. The van der Waals surface area contributed by atoms with E-state index in [4.69, 9.17) is 4.74 Å². The molecule has 3 aromatic carbocycles. The van der Waals surface area contributed by atoms with Gasteiger partial charge >= 0.3 is 5.97 Å². The van der Waals surface area contributed by atoms with Crippen molar-refractivity contribution in [2.24, 2.45) is 5.92 Å². The van der Waals surface area contributed by atoms with Gasteiger partial charge in [-0.25, -0.2) is 4.79 Å². The van der Waals surface area contributed by atoms with E-state index in [1.807, 2.05) is 12.1 Å². The zero-order chi connectivity index (χ0) is 22.8. The summed E-state index contributed by atoms with van der Waals surface area (Å²) in [4.78, 5) is 17.1. The van der Waals surface area contributed by atoms with Gasteiger partial charge in [0.05, 0.1) is 12.7 Å². The lowest BCUT2D eigenvalue weighted by atomic mass is 9.70. The van der Waals surface area contributed by atoms with Crippen LogP contribution in [0.15, 0.2) is 84.9 Å². The van der Waals surface area contributed by atoms with Crippen LogP contribution in [-0.4, -0.2) is 50.2 Å². The maximum absolute atomic E-state index is 11.9. The Bertz CT molecular complexity index is 1020. The smallest absolute Gasteiger partial charge is 0.337 e. The van der Waals surface area contributed by atoms with Crippen LogP contribution in [0.2, 0.25) is 0 Å². The van der Waals surface area contributed by atoms with E-state index in [1.54, 1.807) is 0 Å². The SMILES string of the molecule is COC(=O)c1ccc(N(C)[C@@H]2C3CCN(CC3)[C@@H]2C(c2ccccc2)c2ccccc2)cc1. The van der Waals surface area contributed by atoms with E-state index in [-0.39, 0.29) is 5.97 Å². The van der Waals surface area contributed by atoms with Gasteiger partial charge in [0.15, 0.2) is 0 Å². The number of benzene rings is 3. The zero-order valence-electron chi connectivity index (χ0n) is 19.4. The maximum Gasteiger partial charge on any atom is 0.337 e. The van der Waals surface area contributed by atoms with Gasteiger partial charge < -0.3 is 9.64 Å². The lowest BCUT2D eigenvalue weighted by molar-refractivity contribution is 0.0186. The molecule has 0 saturated carbocycles. The first kappa shape index (κ1) is 21.7. The average Bonchev–Trinajstić information content (AvgIpc) is 2.90. The molecule has 0 amide bonds. The number of hydrogen-bond donors (Lipinski definition) is 0. The number of esters is 1. The van der Waals surface area contributed by atoms with Gasteiger partial charge in [0, 0.05) is 30.7 Å². The monoisotopic (exact) mass is 440 g/mol. The molecule has 3 saturated heterocycles. The van der Waals surface area contributed by atoms with E-state index in [0.717, 1.165) is 18.8 Å². The zero-order valence-corrected chi connectivity index (χ0v) is 19.4. The minimum atomic E-state index is -0.293. The number of anilines is 1. The van der Waals surface area contributed by atoms with E-state index in [0.29, 0.717) is 29.5 Å². The van der Waals surface area contributed by atoms with E-state index in [2.05, 4.69) is 89.6 Å². The molecule has 6 rings (SSSR count). The number of piperidine rings is 3. The number of nitrogens with zero attached hydrogens (tertiary/aromatic N) is 2. The number of carbonyl (C=O) groups is 1. The third kappa shape index (κ3) is 4.16. The Morgan fingerprint density at radius 1 is 0.879 bits per heavy atom. The van der Waals surface area contributed by atoms with Gasteiger partial charge in [-0.3, -0.25) is 4.90 Å². The summed E-state index contributed by atoms with van der Waals surface area (Å²) >= 11 is 0. The summed E-state index contributed by atoms with van der Waals surface area (Å²) in [6, 6.07) is 30.6. The third-order valence-electron chi connectivity index (χ3n) is 7.63. The van der Waals surface area contributed by atoms with Crippen LogP contribution in [0, 0.1) is 5.92 Å². The van der Waals surface area contributed by atoms with Crippen LogP contribution < -0.4 is 4.90 Å². The van der Waals surface area contributed by atoms with Crippen LogP contribution in [0.25, 0.3) is 0 Å². The van der Waals surface area contributed by atoms with E-state index >= 15 is 0 Å². The Balaban J connectivity index is 1.55. The normalized spacial score (nSPS) is 24.0. The fourth-order valence-corrected chi connectivity index (χ4v) is 6.04. The van der Waals surface area contributed by atoms with E-state index in [9.17, 15) is 4.79 Å². The molecule has 0 aliphatic carbocycles. The lowest BCUT2D eigenvalue weighted by Gasteiger charge is -2.56. The quantitative estimate of drug-likeness (QED) is 0.493. The second-order valence-electron chi connectivity index (χ2n) is 9.30. The molecule has 4 heteroatoms. The number of fused-ring (bicyclic) bond motifs is 3. The minimum Gasteiger partial charge on any atom is -0.465 e. The van der Waals surface area contributed by atoms with Crippen LogP contribution in [-0.2, 0) is 4.74 Å². The Morgan fingerprint density at radius 2 is 1.42 bits per heavy atom. The molecular weight excluding hydrogens is 408 g/mol. The lowest BCUT2D eigenvalue weighted by Crippen LogP contribution is -2.65. The van der Waals surface area contributed by atoms with Crippen LogP contribution >= 0.6 is 0 Å². The molecule has 170 valence electrons. The molecule has 3 aliphatic heterocycles. The molecule has 2 atom stereocenters. The highest BCUT2D eigenvalue weighted by Gasteiger charge is 2.48. The molecule has 4 nitrogen and oxygen atoms in total. The van der Waals surface area contributed by atoms with Crippen molar-refractivity contribution in [2.75, 3.05) is 32.1 Å². The highest BCUT2D eigenvalue weighted by atomic mass is 16.5. The van der Waals surface area contributed by atoms with Gasteiger partial charge in [-0.2, -0.15) is 0 Å². The van der Waals surface area contributed by atoms with Gasteiger partial charge in [0.1, 0.15) is 0 Å². The summed E-state index contributed by atoms with van der Waals surface area (Å²) in [7, 11) is 3.65. The molecular formula is C29H32N2O2. The number of methoxy groups -OCH3 is 1. The summed E-state index contributed by atoms with van der Waals surface area (Å²) in [6.07, 6.45) is 2.48. The van der Waals surface area contributed by atoms with Crippen molar-refractivity contribution in [3.63, 3.8) is 0 Å². The highest BCUT2D eigenvalue weighted by molar-refractivity contribution is 5.89. The standard InChI is InChI=1S/C29H32N2O2/c1-30(25-15-13-24(14-16-25)29(32)33-2)27-23-17-19-31(20-18-23)28(27)26(21-9-5-3-6-10-21)22-11-7-4-8-12-22/h3-16,23,26-28H,17-20H2,1-2H3/t27-,28-/m1/s1. The van der Waals surface area contributed by atoms with Crippen molar-refractivity contribution >= 4 is 11.7 Å². The number of likely N-dealkylation sites (N-methyl/N-ethyl adjacent to an activating group) is 1. The molecule has 0 N–H and O–H groups in total.